The molecule has 0 aliphatic carbocycles. The van der Waals surface area contributed by atoms with Crippen LogP contribution in [0, 0.1) is 6.92 Å². The highest BCUT2D eigenvalue weighted by atomic mass is 32.1. The normalized spacial score (nSPS) is 11.4. The summed E-state index contributed by atoms with van der Waals surface area (Å²) in [6.07, 6.45) is 0.642. The number of thiazole rings is 1. The van der Waals surface area contributed by atoms with Crippen molar-refractivity contribution in [2.45, 2.75) is 39.3 Å². The van der Waals surface area contributed by atoms with E-state index in [-0.39, 0.29) is 18.5 Å². The number of halogens is 2. The minimum absolute atomic E-state index is 0.0959. The number of rotatable bonds is 7. The number of nitrogens with zero attached hydrogens (tertiary/aromatic N) is 2. The summed E-state index contributed by atoms with van der Waals surface area (Å²) in [5, 5.41) is 6.39. The van der Waals surface area contributed by atoms with Gasteiger partial charge in [-0.3, -0.25) is 0 Å². The van der Waals surface area contributed by atoms with Crippen LogP contribution >= 0.6 is 11.3 Å². The smallest absolute Gasteiger partial charge is 0.315 e. The first-order chi connectivity index (χ1) is 11.8. The number of amides is 2. The van der Waals surface area contributed by atoms with Crippen LogP contribution in [0.2, 0.25) is 0 Å². The minimum atomic E-state index is -2.56. The van der Waals surface area contributed by atoms with Crippen molar-refractivity contribution in [1.82, 2.24) is 20.6 Å². The lowest BCUT2D eigenvalue weighted by Crippen LogP contribution is -2.46. The number of hydrogen-bond donors (Lipinski definition) is 2. The molecule has 2 N–H and O–H groups in total. The van der Waals surface area contributed by atoms with Gasteiger partial charge in [0.1, 0.15) is 5.01 Å². The number of pyridine rings is 1. The Labute approximate surface area is 148 Å². The van der Waals surface area contributed by atoms with Crippen molar-refractivity contribution in [3.05, 3.63) is 40.0 Å². The Balaban J connectivity index is 1.88. The first kappa shape index (κ1) is 19.0. The van der Waals surface area contributed by atoms with Gasteiger partial charge in [0.15, 0.2) is 6.61 Å². The highest BCUT2D eigenvalue weighted by Crippen LogP contribution is 2.24. The maximum Gasteiger partial charge on any atom is 0.315 e. The molecular weight excluding hydrogens is 350 g/mol. The molecule has 0 saturated carbocycles. The fourth-order valence-corrected chi connectivity index (χ4v) is 2.82. The van der Waals surface area contributed by atoms with E-state index in [1.165, 1.54) is 23.6 Å². The molecule has 0 bridgehead atoms. The molecular formula is C16H20F2N4O2S. The summed E-state index contributed by atoms with van der Waals surface area (Å²) >= 11 is 1.52. The molecule has 0 saturated heterocycles. The molecule has 2 aromatic rings. The largest absolute Gasteiger partial charge is 0.472 e. The Morgan fingerprint density at radius 1 is 1.40 bits per heavy atom. The van der Waals surface area contributed by atoms with Crippen molar-refractivity contribution in [3.63, 3.8) is 0 Å². The van der Waals surface area contributed by atoms with E-state index < -0.39 is 18.6 Å². The number of urea groups is 1. The zero-order valence-corrected chi connectivity index (χ0v) is 15.0. The van der Waals surface area contributed by atoms with Crippen LogP contribution in [0.3, 0.4) is 0 Å². The lowest BCUT2D eigenvalue weighted by molar-refractivity contribution is 0.0795. The second-order valence-electron chi connectivity index (χ2n) is 5.91. The minimum Gasteiger partial charge on any atom is -0.472 e. The Morgan fingerprint density at radius 2 is 2.16 bits per heavy atom. The molecule has 0 aliphatic rings. The van der Waals surface area contributed by atoms with Crippen LogP contribution in [0.25, 0.3) is 0 Å². The number of ether oxygens (including phenoxy) is 1. The molecule has 9 heteroatoms. The lowest BCUT2D eigenvalue weighted by atomic mass is 10.1. The van der Waals surface area contributed by atoms with Gasteiger partial charge in [-0.15, -0.1) is 11.3 Å². The lowest BCUT2D eigenvalue weighted by Gasteiger charge is -2.24. The Bertz CT molecular complexity index is 722. The average molecular weight is 370 g/mol. The van der Waals surface area contributed by atoms with Crippen LogP contribution < -0.4 is 15.4 Å². The molecule has 0 aliphatic heterocycles. The molecule has 25 heavy (non-hydrogen) atoms. The molecule has 0 spiro atoms. The van der Waals surface area contributed by atoms with Crippen LogP contribution in [-0.2, 0) is 12.1 Å². The van der Waals surface area contributed by atoms with Crippen LogP contribution in [0.15, 0.2) is 24.5 Å². The third kappa shape index (κ3) is 5.93. The first-order valence-electron chi connectivity index (χ1n) is 7.61. The standard InChI is InChI=1S/C16H20F2N4O2S/c1-10-7-20-14(25-10)16(2,3)22-15(23)21-8-11-4-5-19-13(6-11)24-9-12(17)18/h4-7,12H,8-9H2,1-3H3,(H2,21,22,23). The topological polar surface area (TPSA) is 76.1 Å². The van der Waals surface area contributed by atoms with E-state index in [1.54, 1.807) is 12.3 Å². The first-order valence-corrected chi connectivity index (χ1v) is 8.43. The van der Waals surface area contributed by atoms with Gasteiger partial charge in [0.25, 0.3) is 6.43 Å². The summed E-state index contributed by atoms with van der Waals surface area (Å²) in [6.45, 7) is 5.19. The summed E-state index contributed by atoms with van der Waals surface area (Å²) in [5.74, 6) is 0.0959. The molecule has 2 amide bonds. The predicted octanol–water partition coefficient (Wildman–Crippen LogP) is 3.22. The van der Waals surface area contributed by atoms with Gasteiger partial charge in [0.2, 0.25) is 5.88 Å². The van der Waals surface area contributed by atoms with Gasteiger partial charge in [-0.1, -0.05) is 0 Å². The van der Waals surface area contributed by atoms with Crippen molar-refractivity contribution in [2.75, 3.05) is 6.61 Å². The van der Waals surface area contributed by atoms with Crippen molar-refractivity contribution in [3.8, 4) is 5.88 Å². The fourth-order valence-electron chi connectivity index (χ4n) is 2.00. The maximum atomic E-state index is 12.2. The summed E-state index contributed by atoms with van der Waals surface area (Å²) in [4.78, 5) is 21.3. The Morgan fingerprint density at radius 3 is 2.80 bits per heavy atom. The van der Waals surface area contributed by atoms with E-state index in [9.17, 15) is 13.6 Å². The van der Waals surface area contributed by atoms with Crippen LogP contribution in [-0.4, -0.2) is 29.0 Å². The molecule has 2 aromatic heterocycles. The van der Waals surface area contributed by atoms with Gasteiger partial charge >= 0.3 is 6.03 Å². The molecule has 2 heterocycles. The Hall–Kier alpha value is -2.29. The van der Waals surface area contributed by atoms with Gasteiger partial charge in [-0.25, -0.2) is 23.5 Å². The van der Waals surface area contributed by atoms with Gasteiger partial charge in [0.05, 0.1) is 5.54 Å². The van der Waals surface area contributed by atoms with Crippen molar-refractivity contribution in [1.29, 1.82) is 0 Å². The van der Waals surface area contributed by atoms with E-state index >= 15 is 0 Å². The van der Waals surface area contributed by atoms with E-state index in [0.717, 1.165) is 9.88 Å². The number of carbonyl (C=O) groups excluding carboxylic acids is 1. The zero-order valence-electron chi connectivity index (χ0n) is 14.2. The Kier molecular flexibility index (Phi) is 6.24. The fraction of sp³-hybridized carbons (Fsp3) is 0.438. The number of aryl methyl sites for hydroxylation is 1. The second-order valence-corrected chi connectivity index (χ2v) is 7.15. The van der Waals surface area contributed by atoms with Crippen LogP contribution in [0.5, 0.6) is 5.88 Å². The van der Waals surface area contributed by atoms with Gasteiger partial charge < -0.3 is 15.4 Å². The van der Waals surface area contributed by atoms with Crippen molar-refractivity contribution >= 4 is 17.4 Å². The summed E-state index contributed by atoms with van der Waals surface area (Å²) in [7, 11) is 0. The molecule has 2 rings (SSSR count). The number of alkyl halides is 2. The van der Waals surface area contributed by atoms with Gasteiger partial charge in [-0.05, 0) is 32.4 Å². The number of nitrogens with one attached hydrogen (secondary N) is 2. The van der Waals surface area contributed by atoms with Crippen molar-refractivity contribution < 1.29 is 18.3 Å². The maximum absolute atomic E-state index is 12.2. The average Bonchev–Trinajstić information content (AvgIpc) is 2.98. The summed E-state index contributed by atoms with van der Waals surface area (Å²) < 4.78 is 29.2. The van der Waals surface area contributed by atoms with E-state index in [0.29, 0.717) is 5.56 Å². The highest BCUT2D eigenvalue weighted by Gasteiger charge is 2.25. The third-order valence-corrected chi connectivity index (χ3v) is 4.43. The second kappa shape index (κ2) is 8.19. The predicted molar refractivity (Wildman–Crippen MR) is 91.0 cm³/mol. The molecule has 0 unspecified atom stereocenters. The number of hydrogen-bond acceptors (Lipinski definition) is 5. The summed E-state index contributed by atoms with van der Waals surface area (Å²) in [6, 6.07) is 2.83. The van der Waals surface area contributed by atoms with Gasteiger partial charge in [-0.2, -0.15) is 0 Å². The molecule has 0 fully saturated rings. The van der Waals surface area contributed by atoms with E-state index in [4.69, 9.17) is 4.74 Å². The molecule has 136 valence electrons. The quantitative estimate of drug-likeness (QED) is 0.785. The van der Waals surface area contributed by atoms with Crippen LogP contribution in [0.4, 0.5) is 13.6 Å². The third-order valence-electron chi connectivity index (χ3n) is 3.19. The van der Waals surface area contributed by atoms with Crippen LogP contribution in [0.1, 0.15) is 29.3 Å². The molecule has 0 atom stereocenters. The van der Waals surface area contributed by atoms with Gasteiger partial charge in [0, 0.05) is 29.9 Å². The summed E-state index contributed by atoms with van der Waals surface area (Å²) in [5.41, 5.74) is 0.0876. The molecule has 6 nitrogen and oxygen atoms in total. The number of carbonyl (C=O) groups is 1. The van der Waals surface area contributed by atoms with E-state index in [1.807, 2.05) is 20.8 Å². The zero-order chi connectivity index (χ0) is 18.4. The highest BCUT2D eigenvalue weighted by molar-refractivity contribution is 7.11. The van der Waals surface area contributed by atoms with Crippen molar-refractivity contribution in [2.24, 2.45) is 0 Å². The molecule has 0 aromatic carbocycles. The number of aromatic nitrogens is 2. The molecule has 0 radical (unpaired) electrons. The monoisotopic (exact) mass is 370 g/mol. The van der Waals surface area contributed by atoms with E-state index in [2.05, 4.69) is 20.6 Å². The SMILES string of the molecule is Cc1cnc(C(C)(C)NC(=O)NCc2ccnc(OCC(F)F)c2)s1.